The van der Waals surface area contributed by atoms with Crippen molar-refractivity contribution in [2.45, 2.75) is 56.9 Å². The highest BCUT2D eigenvalue weighted by Gasteiger charge is 2.40. The fraction of sp³-hybridized carbons (Fsp3) is 0.944. The Balaban J connectivity index is 1.43. The van der Waals surface area contributed by atoms with Gasteiger partial charge in [0.1, 0.15) is 0 Å². The van der Waals surface area contributed by atoms with E-state index in [-0.39, 0.29) is 11.4 Å². The second kappa shape index (κ2) is 8.72. The molecule has 132 valence electrons. The smallest absolute Gasteiger partial charge is 0.220 e. The van der Waals surface area contributed by atoms with Gasteiger partial charge in [-0.2, -0.15) is 11.8 Å². The molecule has 2 N–H and O–H groups in total. The zero-order valence-electron chi connectivity index (χ0n) is 14.4. The van der Waals surface area contributed by atoms with E-state index in [2.05, 4.69) is 27.3 Å². The minimum atomic E-state index is 0.269. The van der Waals surface area contributed by atoms with Crippen molar-refractivity contribution >= 4 is 17.7 Å². The summed E-state index contributed by atoms with van der Waals surface area (Å²) in [5, 5.41) is 6.70. The molecule has 2 aliphatic heterocycles. The third-order valence-electron chi connectivity index (χ3n) is 6.07. The van der Waals surface area contributed by atoms with Gasteiger partial charge in [-0.15, -0.1) is 0 Å². The molecule has 3 rings (SSSR count). The molecular formula is C18H33N3OS. The summed E-state index contributed by atoms with van der Waals surface area (Å²) < 4.78 is 0. The van der Waals surface area contributed by atoms with E-state index in [1.165, 1.54) is 63.1 Å². The Morgan fingerprint density at radius 2 is 1.87 bits per heavy atom. The van der Waals surface area contributed by atoms with Crippen LogP contribution in [0.1, 0.15) is 51.4 Å². The number of thioether (sulfide) groups is 1. The molecule has 2 saturated heterocycles. The van der Waals surface area contributed by atoms with Crippen LogP contribution in [0.4, 0.5) is 0 Å². The molecule has 0 aromatic heterocycles. The first kappa shape index (κ1) is 17.6. The van der Waals surface area contributed by atoms with Crippen molar-refractivity contribution < 1.29 is 4.79 Å². The van der Waals surface area contributed by atoms with Gasteiger partial charge in [-0.1, -0.05) is 12.8 Å². The highest BCUT2D eigenvalue weighted by Crippen LogP contribution is 2.36. The van der Waals surface area contributed by atoms with Crippen molar-refractivity contribution in [1.29, 1.82) is 0 Å². The normalized spacial score (nSPS) is 26.3. The Bertz CT molecular complexity index is 372. The van der Waals surface area contributed by atoms with Gasteiger partial charge in [-0.25, -0.2) is 0 Å². The molecule has 0 aromatic rings. The van der Waals surface area contributed by atoms with Gasteiger partial charge in [-0.3, -0.25) is 9.69 Å². The number of piperidine rings is 1. The molecule has 23 heavy (non-hydrogen) atoms. The van der Waals surface area contributed by atoms with Gasteiger partial charge < -0.3 is 10.6 Å². The van der Waals surface area contributed by atoms with Crippen molar-refractivity contribution in [3.63, 3.8) is 0 Å². The maximum absolute atomic E-state index is 12.3. The van der Waals surface area contributed by atoms with Crippen LogP contribution in [-0.2, 0) is 4.79 Å². The first-order valence-corrected chi connectivity index (χ1v) is 10.7. The molecule has 2 heterocycles. The summed E-state index contributed by atoms with van der Waals surface area (Å²) in [6.45, 7) is 5.54. The van der Waals surface area contributed by atoms with Crippen LogP contribution in [0.15, 0.2) is 0 Å². The van der Waals surface area contributed by atoms with Gasteiger partial charge in [0.15, 0.2) is 0 Å². The summed E-state index contributed by atoms with van der Waals surface area (Å²) >= 11 is 2.07. The number of carbonyl (C=O) groups is 1. The van der Waals surface area contributed by atoms with E-state index < -0.39 is 0 Å². The van der Waals surface area contributed by atoms with E-state index in [4.69, 9.17) is 0 Å². The highest BCUT2D eigenvalue weighted by molar-refractivity contribution is 7.99. The van der Waals surface area contributed by atoms with Gasteiger partial charge in [0.25, 0.3) is 0 Å². The lowest BCUT2D eigenvalue weighted by Gasteiger charge is -2.43. The summed E-state index contributed by atoms with van der Waals surface area (Å²) in [6.07, 6.45) is 9.46. The first-order chi connectivity index (χ1) is 11.3. The van der Waals surface area contributed by atoms with E-state index >= 15 is 0 Å². The number of hydrogen-bond donors (Lipinski definition) is 2. The Morgan fingerprint density at radius 1 is 1.17 bits per heavy atom. The maximum atomic E-state index is 12.3. The lowest BCUT2D eigenvalue weighted by Crippen LogP contribution is -2.56. The van der Waals surface area contributed by atoms with Crippen molar-refractivity contribution in [2.75, 3.05) is 44.2 Å². The Labute approximate surface area is 145 Å². The molecule has 1 amide bonds. The minimum Gasteiger partial charge on any atom is -0.354 e. The summed E-state index contributed by atoms with van der Waals surface area (Å²) in [5.74, 6) is 3.54. The van der Waals surface area contributed by atoms with Crippen LogP contribution in [0.2, 0.25) is 0 Å². The Morgan fingerprint density at radius 3 is 2.57 bits per heavy atom. The van der Waals surface area contributed by atoms with Crippen LogP contribution in [0, 0.1) is 5.92 Å². The lowest BCUT2D eigenvalue weighted by molar-refractivity contribution is -0.122. The van der Waals surface area contributed by atoms with E-state index in [0.29, 0.717) is 0 Å². The van der Waals surface area contributed by atoms with Crippen molar-refractivity contribution in [1.82, 2.24) is 15.5 Å². The molecule has 0 atom stereocenters. The number of hydrogen-bond acceptors (Lipinski definition) is 4. The molecule has 5 heteroatoms. The average Bonchev–Trinajstić information content (AvgIpc) is 3.10. The molecular weight excluding hydrogens is 306 g/mol. The molecule has 4 nitrogen and oxygen atoms in total. The summed E-state index contributed by atoms with van der Waals surface area (Å²) in [7, 11) is 0. The first-order valence-electron chi connectivity index (χ1n) is 9.59. The standard InChI is InChI=1S/C18H33N3OS/c22-17(4-3-16-5-9-19-10-6-16)20-15-18(7-1-2-8-18)21-11-13-23-14-12-21/h16,19H,1-15H2,(H,20,22). The van der Waals surface area contributed by atoms with Crippen LogP contribution in [0.25, 0.3) is 0 Å². The number of amides is 1. The maximum Gasteiger partial charge on any atom is 0.220 e. The number of nitrogens with zero attached hydrogens (tertiary/aromatic N) is 1. The Kier molecular flexibility index (Phi) is 6.66. The quantitative estimate of drug-likeness (QED) is 0.779. The summed E-state index contributed by atoms with van der Waals surface area (Å²) in [5.41, 5.74) is 0.269. The largest absolute Gasteiger partial charge is 0.354 e. The van der Waals surface area contributed by atoms with Crippen LogP contribution in [0.5, 0.6) is 0 Å². The summed E-state index contributed by atoms with van der Waals surface area (Å²) in [4.78, 5) is 15.0. The number of rotatable bonds is 6. The van der Waals surface area contributed by atoms with Crippen LogP contribution in [0.3, 0.4) is 0 Å². The fourth-order valence-electron chi connectivity index (χ4n) is 4.53. The highest BCUT2D eigenvalue weighted by atomic mass is 32.2. The SMILES string of the molecule is O=C(CCC1CCNCC1)NCC1(N2CCSCC2)CCCC1. The predicted molar refractivity (Wildman–Crippen MR) is 97.9 cm³/mol. The molecule has 0 aromatic carbocycles. The average molecular weight is 340 g/mol. The third-order valence-corrected chi connectivity index (χ3v) is 7.01. The van der Waals surface area contributed by atoms with Gasteiger partial charge in [-0.05, 0) is 51.1 Å². The van der Waals surface area contributed by atoms with Gasteiger partial charge >= 0.3 is 0 Å². The minimum absolute atomic E-state index is 0.269. The third kappa shape index (κ3) is 4.86. The van der Waals surface area contributed by atoms with E-state index in [9.17, 15) is 4.79 Å². The molecule has 0 unspecified atom stereocenters. The van der Waals surface area contributed by atoms with Crippen molar-refractivity contribution in [3.05, 3.63) is 0 Å². The Hall–Kier alpha value is -0.260. The molecule has 3 fully saturated rings. The van der Waals surface area contributed by atoms with Gasteiger partial charge in [0.05, 0.1) is 0 Å². The van der Waals surface area contributed by atoms with Crippen molar-refractivity contribution in [3.8, 4) is 0 Å². The second-order valence-corrected chi connectivity index (χ2v) is 8.76. The molecule has 1 aliphatic carbocycles. The van der Waals surface area contributed by atoms with Crippen molar-refractivity contribution in [2.24, 2.45) is 5.92 Å². The van der Waals surface area contributed by atoms with E-state index in [1.807, 2.05) is 0 Å². The van der Waals surface area contributed by atoms with Crippen LogP contribution >= 0.6 is 11.8 Å². The predicted octanol–water partition coefficient (Wildman–Crippen LogP) is 2.24. The molecule has 0 spiro atoms. The second-order valence-electron chi connectivity index (χ2n) is 7.54. The lowest BCUT2D eigenvalue weighted by atomic mass is 9.92. The monoisotopic (exact) mass is 339 g/mol. The van der Waals surface area contributed by atoms with Gasteiger partial charge in [0, 0.05) is 43.1 Å². The molecule has 1 saturated carbocycles. The van der Waals surface area contributed by atoms with E-state index in [1.54, 1.807) is 0 Å². The number of carbonyl (C=O) groups excluding carboxylic acids is 1. The van der Waals surface area contributed by atoms with E-state index in [0.717, 1.165) is 38.4 Å². The topological polar surface area (TPSA) is 44.4 Å². The molecule has 3 aliphatic rings. The number of nitrogens with one attached hydrogen (secondary N) is 2. The molecule has 0 radical (unpaired) electrons. The van der Waals surface area contributed by atoms with Gasteiger partial charge in [0.2, 0.25) is 5.91 Å². The summed E-state index contributed by atoms with van der Waals surface area (Å²) in [6, 6.07) is 0. The van der Waals surface area contributed by atoms with Crippen LogP contribution in [-0.4, -0.2) is 60.6 Å². The zero-order chi connectivity index (χ0) is 16.0. The fourth-order valence-corrected chi connectivity index (χ4v) is 5.44. The van der Waals surface area contributed by atoms with Crippen LogP contribution < -0.4 is 10.6 Å². The zero-order valence-corrected chi connectivity index (χ0v) is 15.3. The molecule has 0 bridgehead atoms.